The summed E-state index contributed by atoms with van der Waals surface area (Å²) in [7, 11) is 0. The van der Waals surface area contributed by atoms with Crippen LogP contribution in [0.1, 0.15) is 0 Å². The molecular weight excluding hydrogens is 226 g/mol. The van der Waals surface area contributed by atoms with Crippen molar-refractivity contribution in [2.45, 2.75) is 0 Å². The molecule has 0 radical (unpaired) electrons. The van der Waals surface area contributed by atoms with Gasteiger partial charge in [0.2, 0.25) is 0 Å². The van der Waals surface area contributed by atoms with Gasteiger partial charge in [-0.25, -0.2) is 9.59 Å². The Morgan fingerprint density at radius 2 is 1.94 bits per heavy atom. The lowest BCUT2D eigenvalue weighted by molar-refractivity contribution is -0.147. The topological polar surface area (TPSA) is 96.6 Å². The summed E-state index contributed by atoms with van der Waals surface area (Å²) in [6.07, 6.45) is 0. The largest absolute Gasteiger partial charge is 0.474 e. The Hall–Kier alpha value is -2.63. The van der Waals surface area contributed by atoms with Crippen molar-refractivity contribution in [2.75, 3.05) is 5.32 Å². The Labute approximate surface area is 94.5 Å². The number of aliphatic carboxylic acids is 1. The Morgan fingerprint density at radius 1 is 1.24 bits per heavy atom. The minimum absolute atomic E-state index is 0.198. The molecule has 0 fully saturated rings. The van der Waals surface area contributed by atoms with Crippen molar-refractivity contribution in [1.82, 2.24) is 0 Å². The number of nitrogens with one attached hydrogen (secondary N) is 1. The van der Waals surface area contributed by atoms with Crippen LogP contribution >= 0.6 is 0 Å². The zero-order chi connectivity index (χ0) is 12.4. The molecule has 2 aromatic rings. The van der Waals surface area contributed by atoms with Gasteiger partial charge in [-0.2, -0.15) is 0 Å². The highest BCUT2D eigenvalue weighted by atomic mass is 16.4. The van der Waals surface area contributed by atoms with E-state index in [9.17, 15) is 14.4 Å². The summed E-state index contributed by atoms with van der Waals surface area (Å²) in [5.41, 5.74) is -0.625. The Bertz CT molecular complexity index is 658. The smallest absolute Gasteiger partial charge is 0.394 e. The molecule has 2 N–H and O–H groups in total. The van der Waals surface area contributed by atoms with Gasteiger partial charge in [0.25, 0.3) is 0 Å². The van der Waals surface area contributed by atoms with E-state index in [1.54, 1.807) is 24.3 Å². The molecule has 1 aromatic carbocycles. The van der Waals surface area contributed by atoms with Crippen molar-refractivity contribution in [3.05, 3.63) is 40.8 Å². The molecule has 0 spiro atoms. The van der Waals surface area contributed by atoms with E-state index in [0.29, 0.717) is 11.0 Å². The number of fused-ring (bicyclic) bond motifs is 1. The van der Waals surface area contributed by atoms with Crippen molar-refractivity contribution in [2.24, 2.45) is 0 Å². The van der Waals surface area contributed by atoms with E-state index < -0.39 is 17.5 Å². The molecule has 6 heteroatoms. The summed E-state index contributed by atoms with van der Waals surface area (Å²) in [5.74, 6) is -2.95. The van der Waals surface area contributed by atoms with Gasteiger partial charge in [-0.15, -0.1) is 0 Å². The number of benzene rings is 1. The van der Waals surface area contributed by atoms with Crippen molar-refractivity contribution in [3.63, 3.8) is 0 Å². The minimum atomic E-state index is -1.67. The van der Waals surface area contributed by atoms with Crippen LogP contribution in [0.15, 0.2) is 39.5 Å². The summed E-state index contributed by atoms with van der Waals surface area (Å²) < 4.78 is 4.91. The van der Waals surface area contributed by atoms with Gasteiger partial charge in [-0.05, 0) is 12.1 Å². The third kappa shape index (κ3) is 2.15. The predicted molar refractivity (Wildman–Crippen MR) is 58.7 cm³/mol. The second kappa shape index (κ2) is 4.09. The summed E-state index contributed by atoms with van der Waals surface area (Å²) in [6.45, 7) is 0. The first-order chi connectivity index (χ1) is 8.08. The van der Waals surface area contributed by atoms with Gasteiger partial charge in [0.15, 0.2) is 0 Å². The molecule has 0 saturated heterocycles. The maximum absolute atomic E-state index is 11.4. The molecule has 0 aliphatic rings. The lowest BCUT2D eigenvalue weighted by atomic mass is 10.2. The summed E-state index contributed by atoms with van der Waals surface area (Å²) in [5, 5.41) is 11.0. The second-order valence-electron chi connectivity index (χ2n) is 3.24. The van der Waals surface area contributed by atoms with E-state index in [4.69, 9.17) is 9.52 Å². The highest BCUT2D eigenvalue weighted by Gasteiger charge is 2.14. The highest BCUT2D eigenvalue weighted by Crippen LogP contribution is 2.14. The van der Waals surface area contributed by atoms with E-state index in [0.717, 1.165) is 0 Å². The molecule has 86 valence electrons. The first-order valence-electron chi connectivity index (χ1n) is 4.65. The van der Waals surface area contributed by atoms with E-state index in [1.165, 1.54) is 6.07 Å². The van der Waals surface area contributed by atoms with Crippen LogP contribution in [0.4, 0.5) is 5.69 Å². The number of para-hydroxylation sites is 1. The van der Waals surface area contributed by atoms with Crippen LogP contribution in [0, 0.1) is 0 Å². The molecule has 17 heavy (non-hydrogen) atoms. The first kappa shape index (κ1) is 10.9. The van der Waals surface area contributed by atoms with Crippen LogP contribution in [0.5, 0.6) is 0 Å². The molecule has 0 aliphatic carbocycles. The third-order valence-electron chi connectivity index (χ3n) is 2.08. The normalized spacial score (nSPS) is 10.1. The number of carbonyl (C=O) groups is 2. The fourth-order valence-corrected chi connectivity index (χ4v) is 1.32. The molecular formula is C11H7NO5. The van der Waals surface area contributed by atoms with Crippen LogP contribution in [0.3, 0.4) is 0 Å². The van der Waals surface area contributed by atoms with Crippen LogP contribution in [-0.2, 0) is 9.59 Å². The fraction of sp³-hybridized carbons (Fsp3) is 0. The second-order valence-corrected chi connectivity index (χ2v) is 3.24. The highest BCUT2D eigenvalue weighted by molar-refractivity contribution is 6.36. The van der Waals surface area contributed by atoms with Gasteiger partial charge in [0.1, 0.15) is 11.3 Å². The zero-order valence-electron chi connectivity index (χ0n) is 8.47. The lowest BCUT2D eigenvalue weighted by Gasteiger charge is -2.01. The van der Waals surface area contributed by atoms with Crippen LogP contribution < -0.4 is 10.9 Å². The molecule has 0 bridgehead atoms. The van der Waals surface area contributed by atoms with E-state index in [1.807, 2.05) is 5.32 Å². The number of hydrogen-bond donors (Lipinski definition) is 2. The van der Waals surface area contributed by atoms with Crippen molar-refractivity contribution in [3.8, 4) is 0 Å². The van der Waals surface area contributed by atoms with Gasteiger partial charge < -0.3 is 14.8 Å². The molecule has 0 aliphatic heterocycles. The van der Waals surface area contributed by atoms with Gasteiger partial charge in [-0.3, -0.25) is 4.79 Å². The third-order valence-corrected chi connectivity index (χ3v) is 2.08. The number of amides is 1. The molecule has 2 rings (SSSR count). The van der Waals surface area contributed by atoms with Crippen LogP contribution in [-0.4, -0.2) is 17.0 Å². The summed E-state index contributed by atoms with van der Waals surface area (Å²) in [4.78, 5) is 32.7. The number of anilines is 1. The fourth-order valence-electron chi connectivity index (χ4n) is 1.32. The molecule has 1 heterocycles. The Morgan fingerprint density at radius 3 is 2.65 bits per heavy atom. The molecule has 1 amide bonds. The monoisotopic (exact) mass is 233 g/mol. The molecule has 1 aromatic heterocycles. The van der Waals surface area contributed by atoms with E-state index in [-0.39, 0.29) is 5.69 Å². The maximum Gasteiger partial charge on any atom is 0.394 e. The minimum Gasteiger partial charge on any atom is -0.474 e. The van der Waals surface area contributed by atoms with E-state index in [2.05, 4.69) is 0 Å². The van der Waals surface area contributed by atoms with Gasteiger partial charge in [0, 0.05) is 5.39 Å². The van der Waals surface area contributed by atoms with Gasteiger partial charge in [-0.1, -0.05) is 18.2 Å². The maximum atomic E-state index is 11.4. The number of hydrogen-bond acceptors (Lipinski definition) is 4. The molecule has 0 unspecified atom stereocenters. The average molecular weight is 233 g/mol. The van der Waals surface area contributed by atoms with Gasteiger partial charge >= 0.3 is 17.5 Å². The number of carbonyl (C=O) groups excluding carboxylic acids is 1. The predicted octanol–water partition coefficient (Wildman–Crippen LogP) is 0.816. The van der Waals surface area contributed by atoms with Crippen LogP contribution in [0.2, 0.25) is 0 Å². The van der Waals surface area contributed by atoms with Crippen LogP contribution in [0.25, 0.3) is 11.0 Å². The Kier molecular flexibility index (Phi) is 2.61. The Balaban J connectivity index is 2.48. The lowest BCUT2D eigenvalue weighted by Crippen LogP contribution is -2.24. The summed E-state index contributed by atoms with van der Waals surface area (Å²) in [6, 6.07) is 8.06. The van der Waals surface area contributed by atoms with E-state index >= 15 is 0 Å². The van der Waals surface area contributed by atoms with Gasteiger partial charge in [0.05, 0.1) is 0 Å². The number of rotatable bonds is 1. The van der Waals surface area contributed by atoms with Crippen molar-refractivity contribution in [1.29, 1.82) is 0 Å². The number of carboxylic acids is 1. The quantitative estimate of drug-likeness (QED) is 0.561. The molecule has 0 saturated carbocycles. The zero-order valence-corrected chi connectivity index (χ0v) is 8.47. The SMILES string of the molecule is O=C(O)C(=O)Nc1cc2ccccc2oc1=O. The van der Waals surface area contributed by atoms with Crippen molar-refractivity contribution >= 4 is 28.5 Å². The average Bonchev–Trinajstić information content (AvgIpc) is 2.29. The van der Waals surface area contributed by atoms with Crippen molar-refractivity contribution < 1.29 is 19.1 Å². The number of carboxylic acid groups (broad SMARTS) is 1. The standard InChI is InChI=1S/C11H7NO5/c13-9(10(14)15)12-7-5-6-3-1-2-4-8(6)17-11(7)16/h1-5H,(H,12,13)(H,14,15). The first-order valence-corrected chi connectivity index (χ1v) is 4.65. The molecule has 0 atom stereocenters. The molecule has 6 nitrogen and oxygen atoms in total. The summed E-state index contributed by atoms with van der Waals surface area (Å²) >= 11 is 0.